The molecule has 0 aliphatic carbocycles. The van der Waals surface area contributed by atoms with Crippen LogP contribution in [0, 0.1) is 6.92 Å². The van der Waals surface area contributed by atoms with Crippen molar-refractivity contribution < 1.29 is 9.53 Å². The van der Waals surface area contributed by atoms with E-state index in [1.165, 1.54) is 0 Å². The van der Waals surface area contributed by atoms with E-state index in [-0.39, 0.29) is 12.5 Å². The maximum absolute atomic E-state index is 12.3. The molecule has 1 atom stereocenters. The van der Waals surface area contributed by atoms with Crippen LogP contribution >= 0.6 is 0 Å². The van der Waals surface area contributed by atoms with Gasteiger partial charge >= 0.3 is 0 Å². The summed E-state index contributed by atoms with van der Waals surface area (Å²) in [5.41, 5.74) is 4.27. The van der Waals surface area contributed by atoms with Gasteiger partial charge in [0.2, 0.25) is 0 Å². The van der Waals surface area contributed by atoms with Gasteiger partial charge in [0.25, 0.3) is 5.91 Å². The topological polar surface area (TPSA) is 38.3 Å². The Labute approximate surface area is 145 Å². The summed E-state index contributed by atoms with van der Waals surface area (Å²) in [6, 6.07) is 14.0. The van der Waals surface area contributed by atoms with Crippen molar-refractivity contribution in [3.05, 3.63) is 59.2 Å². The SMILES string of the molecule is CCc1cccc(C)c1NC(=O)COc1ccccc1C(C)CC. The summed E-state index contributed by atoms with van der Waals surface area (Å²) in [6.07, 6.45) is 1.92. The summed E-state index contributed by atoms with van der Waals surface area (Å²) >= 11 is 0. The minimum absolute atomic E-state index is 0.0188. The van der Waals surface area contributed by atoms with Gasteiger partial charge in [-0.05, 0) is 48.4 Å². The number of amides is 1. The molecule has 24 heavy (non-hydrogen) atoms. The average Bonchev–Trinajstić information content (AvgIpc) is 2.61. The van der Waals surface area contributed by atoms with Crippen molar-refractivity contribution in [2.24, 2.45) is 0 Å². The lowest BCUT2D eigenvalue weighted by Gasteiger charge is -2.16. The van der Waals surface area contributed by atoms with Gasteiger partial charge in [0.05, 0.1) is 0 Å². The monoisotopic (exact) mass is 325 g/mol. The molecule has 0 aliphatic rings. The lowest BCUT2D eigenvalue weighted by molar-refractivity contribution is -0.118. The van der Waals surface area contributed by atoms with E-state index in [0.29, 0.717) is 5.92 Å². The summed E-state index contributed by atoms with van der Waals surface area (Å²) < 4.78 is 5.80. The molecule has 1 unspecified atom stereocenters. The highest BCUT2D eigenvalue weighted by atomic mass is 16.5. The largest absolute Gasteiger partial charge is 0.483 e. The maximum atomic E-state index is 12.3. The van der Waals surface area contributed by atoms with Crippen LogP contribution in [0.2, 0.25) is 0 Å². The highest BCUT2D eigenvalue weighted by molar-refractivity contribution is 5.93. The van der Waals surface area contributed by atoms with Gasteiger partial charge < -0.3 is 10.1 Å². The fraction of sp³-hybridized carbons (Fsp3) is 0.381. The zero-order valence-electron chi connectivity index (χ0n) is 15.1. The minimum atomic E-state index is -0.127. The van der Waals surface area contributed by atoms with Crippen molar-refractivity contribution in [3.8, 4) is 5.75 Å². The molecule has 1 amide bonds. The van der Waals surface area contributed by atoms with E-state index in [1.54, 1.807) is 0 Å². The first kappa shape index (κ1) is 18.1. The molecule has 128 valence electrons. The van der Waals surface area contributed by atoms with Gasteiger partial charge in [-0.3, -0.25) is 4.79 Å². The molecule has 0 bridgehead atoms. The molecule has 2 aromatic carbocycles. The van der Waals surface area contributed by atoms with Crippen LogP contribution < -0.4 is 10.1 Å². The predicted molar refractivity (Wildman–Crippen MR) is 99.8 cm³/mol. The van der Waals surface area contributed by atoms with Crippen LogP contribution in [0.1, 0.15) is 49.8 Å². The first-order valence-electron chi connectivity index (χ1n) is 8.66. The van der Waals surface area contributed by atoms with Gasteiger partial charge in [0, 0.05) is 5.69 Å². The molecule has 0 radical (unpaired) electrons. The fourth-order valence-electron chi connectivity index (χ4n) is 2.76. The summed E-state index contributed by atoms with van der Waals surface area (Å²) in [6.45, 7) is 8.43. The molecule has 0 aromatic heterocycles. The van der Waals surface area contributed by atoms with E-state index < -0.39 is 0 Å². The number of carbonyl (C=O) groups excluding carboxylic acids is 1. The highest BCUT2D eigenvalue weighted by Gasteiger charge is 2.12. The van der Waals surface area contributed by atoms with Crippen molar-refractivity contribution in [2.75, 3.05) is 11.9 Å². The molecule has 1 N–H and O–H groups in total. The molecule has 3 nitrogen and oxygen atoms in total. The van der Waals surface area contributed by atoms with Gasteiger partial charge in [-0.15, -0.1) is 0 Å². The van der Waals surface area contributed by atoms with Crippen molar-refractivity contribution in [3.63, 3.8) is 0 Å². The van der Waals surface area contributed by atoms with Gasteiger partial charge in [0.1, 0.15) is 5.75 Å². The normalized spacial score (nSPS) is 11.8. The molecule has 0 aliphatic heterocycles. The third-order valence-electron chi connectivity index (χ3n) is 4.43. The van der Waals surface area contributed by atoms with E-state index in [1.807, 2.05) is 43.3 Å². The Hall–Kier alpha value is -2.29. The smallest absolute Gasteiger partial charge is 0.262 e. The molecule has 2 aromatic rings. The molecule has 0 heterocycles. The number of nitrogens with one attached hydrogen (secondary N) is 1. The van der Waals surface area contributed by atoms with Crippen molar-refractivity contribution in [1.29, 1.82) is 0 Å². The van der Waals surface area contributed by atoms with Crippen LogP contribution in [0.3, 0.4) is 0 Å². The number of anilines is 1. The number of para-hydroxylation sites is 2. The first-order chi connectivity index (χ1) is 11.6. The summed E-state index contributed by atoms with van der Waals surface area (Å²) in [5, 5.41) is 3.00. The quantitative estimate of drug-likeness (QED) is 0.770. The van der Waals surface area contributed by atoms with E-state index in [9.17, 15) is 4.79 Å². The molecule has 0 fully saturated rings. The number of benzene rings is 2. The number of ether oxygens (including phenoxy) is 1. The number of carbonyl (C=O) groups is 1. The third kappa shape index (κ3) is 4.38. The van der Waals surface area contributed by atoms with Crippen LogP contribution in [0.25, 0.3) is 0 Å². The Bertz CT molecular complexity index is 694. The van der Waals surface area contributed by atoms with Gasteiger partial charge in [-0.2, -0.15) is 0 Å². The van der Waals surface area contributed by atoms with E-state index in [0.717, 1.165) is 41.0 Å². The molecule has 0 spiro atoms. The Morgan fingerprint density at radius 3 is 2.58 bits per heavy atom. The van der Waals surface area contributed by atoms with Crippen LogP contribution in [0.15, 0.2) is 42.5 Å². The maximum Gasteiger partial charge on any atom is 0.262 e. The van der Waals surface area contributed by atoms with Crippen molar-refractivity contribution in [1.82, 2.24) is 0 Å². The van der Waals surface area contributed by atoms with Gasteiger partial charge in [-0.25, -0.2) is 0 Å². The zero-order valence-corrected chi connectivity index (χ0v) is 15.1. The molecule has 2 rings (SSSR count). The van der Waals surface area contributed by atoms with Crippen molar-refractivity contribution >= 4 is 11.6 Å². The Kier molecular flexibility index (Phi) is 6.42. The number of hydrogen-bond acceptors (Lipinski definition) is 2. The average molecular weight is 325 g/mol. The molecule has 0 saturated heterocycles. The Morgan fingerprint density at radius 1 is 1.12 bits per heavy atom. The highest BCUT2D eigenvalue weighted by Crippen LogP contribution is 2.28. The first-order valence-corrected chi connectivity index (χ1v) is 8.66. The molecular formula is C21H27NO2. The van der Waals surface area contributed by atoms with Gasteiger partial charge in [0.15, 0.2) is 6.61 Å². The van der Waals surface area contributed by atoms with Crippen LogP contribution in [0.5, 0.6) is 5.75 Å². The molecule has 0 saturated carbocycles. The summed E-state index contributed by atoms with van der Waals surface area (Å²) in [7, 11) is 0. The second-order valence-corrected chi connectivity index (χ2v) is 6.15. The molecular weight excluding hydrogens is 298 g/mol. The number of aryl methyl sites for hydroxylation is 2. The number of rotatable bonds is 7. The summed E-state index contributed by atoms with van der Waals surface area (Å²) in [4.78, 5) is 12.3. The van der Waals surface area contributed by atoms with Crippen molar-refractivity contribution in [2.45, 2.75) is 46.5 Å². The van der Waals surface area contributed by atoms with Crippen LogP contribution in [-0.2, 0) is 11.2 Å². The lowest BCUT2D eigenvalue weighted by Crippen LogP contribution is -2.22. The predicted octanol–water partition coefficient (Wildman–Crippen LogP) is 5.09. The standard InChI is InChI=1S/C21H27NO2/c1-5-15(3)18-12-7-8-13-19(18)24-14-20(23)22-21-16(4)10-9-11-17(21)6-2/h7-13,15H,5-6,14H2,1-4H3,(H,22,23). The summed E-state index contributed by atoms with van der Waals surface area (Å²) in [5.74, 6) is 1.08. The third-order valence-corrected chi connectivity index (χ3v) is 4.43. The second-order valence-electron chi connectivity index (χ2n) is 6.15. The lowest BCUT2D eigenvalue weighted by atomic mass is 9.98. The minimum Gasteiger partial charge on any atom is -0.483 e. The second kappa shape index (κ2) is 8.53. The van der Waals surface area contributed by atoms with Crippen LogP contribution in [0.4, 0.5) is 5.69 Å². The number of hydrogen-bond donors (Lipinski definition) is 1. The van der Waals surface area contributed by atoms with Crippen LogP contribution in [-0.4, -0.2) is 12.5 Å². The van der Waals surface area contributed by atoms with Gasteiger partial charge in [-0.1, -0.05) is 57.2 Å². The molecule has 3 heteroatoms. The fourth-order valence-corrected chi connectivity index (χ4v) is 2.76. The zero-order chi connectivity index (χ0) is 17.5. The van der Waals surface area contributed by atoms with E-state index >= 15 is 0 Å². The van der Waals surface area contributed by atoms with E-state index in [4.69, 9.17) is 4.74 Å². The Balaban J connectivity index is 2.05. The Morgan fingerprint density at radius 2 is 1.88 bits per heavy atom. The van der Waals surface area contributed by atoms with E-state index in [2.05, 4.69) is 32.2 Å².